The molecule has 12 heteroatoms. The zero-order valence-electron chi connectivity index (χ0n) is 29.0. The van der Waals surface area contributed by atoms with Crippen molar-refractivity contribution in [2.45, 2.75) is 117 Å². The highest BCUT2D eigenvalue weighted by molar-refractivity contribution is 5.81. The maximum Gasteiger partial charge on any atom is 0.330 e. The molecule has 0 bridgehead atoms. The molecule has 0 aromatic heterocycles. The fraction of sp³-hybridized carbons (Fsp3) is 0.818. The van der Waals surface area contributed by atoms with Crippen molar-refractivity contribution in [1.29, 1.82) is 0 Å². The molecule has 0 saturated carbocycles. The normalized spacial score (nSPS) is 17.6. The van der Waals surface area contributed by atoms with E-state index in [1.54, 1.807) is 6.92 Å². The van der Waals surface area contributed by atoms with Gasteiger partial charge < -0.3 is 47.4 Å². The maximum atomic E-state index is 11.2. The van der Waals surface area contributed by atoms with Crippen LogP contribution in [0, 0.1) is 0 Å². The van der Waals surface area contributed by atoms with E-state index in [9.17, 15) is 9.59 Å². The van der Waals surface area contributed by atoms with Gasteiger partial charge in [0.05, 0.1) is 102 Å². The summed E-state index contributed by atoms with van der Waals surface area (Å²) in [5.74, 6) is -0.941. The van der Waals surface area contributed by atoms with Gasteiger partial charge in [-0.15, -0.1) is 0 Å². The number of rotatable bonds is 29. The number of ether oxygens (including phenoxy) is 10. The third-order valence-corrected chi connectivity index (χ3v) is 6.03. The molecule has 0 saturated heterocycles. The third kappa shape index (κ3) is 25.9. The SMILES string of the molecule is C=CC(=O)OCC(C)OCC(C)OCC(C)OCC(C)OCC(C)OCC(C)OCC(C)OCC(C)OCC(C)OC(=O)C=C. The fourth-order valence-electron chi connectivity index (χ4n) is 3.32. The second-order valence-electron chi connectivity index (χ2n) is 11.4. The van der Waals surface area contributed by atoms with Crippen LogP contribution in [-0.4, -0.2) is 126 Å². The van der Waals surface area contributed by atoms with Gasteiger partial charge in [0, 0.05) is 12.2 Å². The molecule has 45 heavy (non-hydrogen) atoms. The summed E-state index contributed by atoms with van der Waals surface area (Å²) in [7, 11) is 0. The molecule has 0 heterocycles. The maximum absolute atomic E-state index is 11.2. The molecule has 0 aliphatic rings. The lowest BCUT2D eigenvalue weighted by molar-refractivity contribution is -0.147. The number of carbonyl (C=O) groups excluding carboxylic acids is 2. The van der Waals surface area contributed by atoms with E-state index < -0.39 is 11.9 Å². The smallest absolute Gasteiger partial charge is 0.330 e. The first-order valence-electron chi connectivity index (χ1n) is 15.8. The van der Waals surface area contributed by atoms with Crippen LogP contribution in [0.4, 0.5) is 0 Å². The van der Waals surface area contributed by atoms with Gasteiger partial charge in [-0.05, 0) is 62.3 Å². The van der Waals surface area contributed by atoms with Crippen molar-refractivity contribution in [3.63, 3.8) is 0 Å². The van der Waals surface area contributed by atoms with E-state index in [2.05, 4.69) is 13.2 Å². The van der Waals surface area contributed by atoms with Crippen molar-refractivity contribution in [2.75, 3.05) is 59.5 Å². The summed E-state index contributed by atoms with van der Waals surface area (Å²) in [4.78, 5) is 22.3. The highest BCUT2D eigenvalue weighted by Gasteiger charge is 2.15. The topological polar surface area (TPSA) is 126 Å². The molecule has 0 aromatic carbocycles. The lowest BCUT2D eigenvalue weighted by Gasteiger charge is -2.23. The van der Waals surface area contributed by atoms with Crippen LogP contribution in [0.15, 0.2) is 25.3 Å². The molecule has 0 aromatic rings. The summed E-state index contributed by atoms with van der Waals surface area (Å²) in [6.07, 6.45) is 0.791. The van der Waals surface area contributed by atoms with Crippen LogP contribution in [0.3, 0.4) is 0 Å². The van der Waals surface area contributed by atoms with Crippen molar-refractivity contribution in [3.05, 3.63) is 25.3 Å². The summed E-state index contributed by atoms with van der Waals surface area (Å²) in [5.41, 5.74) is 0. The van der Waals surface area contributed by atoms with E-state index in [1.807, 2.05) is 55.4 Å². The highest BCUT2D eigenvalue weighted by Crippen LogP contribution is 2.06. The van der Waals surface area contributed by atoms with Gasteiger partial charge in [-0.25, -0.2) is 9.59 Å². The van der Waals surface area contributed by atoms with E-state index in [4.69, 9.17) is 47.4 Å². The van der Waals surface area contributed by atoms with Gasteiger partial charge >= 0.3 is 11.9 Å². The zero-order valence-corrected chi connectivity index (χ0v) is 29.0. The molecule has 0 aliphatic carbocycles. The average molecular weight is 649 g/mol. The predicted molar refractivity (Wildman–Crippen MR) is 170 cm³/mol. The molecule has 0 N–H and O–H groups in total. The van der Waals surface area contributed by atoms with Crippen molar-refractivity contribution in [3.8, 4) is 0 Å². The van der Waals surface area contributed by atoms with E-state index in [0.717, 1.165) is 12.2 Å². The van der Waals surface area contributed by atoms with Crippen molar-refractivity contribution < 1.29 is 57.0 Å². The minimum Gasteiger partial charge on any atom is -0.460 e. The summed E-state index contributed by atoms with van der Waals surface area (Å²) in [6, 6.07) is 0. The van der Waals surface area contributed by atoms with Gasteiger partial charge in [0.1, 0.15) is 12.7 Å². The van der Waals surface area contributed by atoms with Crippen LogP contribution in [0.2, 0.25) is 0 Å². The molecule has 0 radical (unpaired) electrons. The van der Waals surface area contributed by atoms with Crippen LogP contribution in [0.25, 0.3) is 0 Å². The first-order chi connectivity index (χ1) is 21.2. The zero-order chi connectivity index (χ0) is 34.2. The molecule has 0 rings (SSSR count). The van der Waals surface area contributed by atoms with E-state index in [0.29, 0.717) is 46.2 Å². The third-order valence-electron chi connectivity index (χ3n) is 6.03. The minimum absolute atomic E-state index is 0.109. The fourth-order valence-corrected chi connectivity index (χ4v) is 3.32. The quantitative estimate of drug-likeness (QED) is 0.0857. The predicted octanol–water partition coefficient (Wildman–Crippen LogP) is 4.07. The number of esters is 2. The standard InChI is InChI=1S/C33H60O12/c1-12-32(34)44-21-30(10)42-19-28(8)40-17-26(6)38-15-24(4)36-14-23(3)37-16-25(5)39-18-27(7)41-20-29(9)43-22-31(11)45-33(35)13-2/h12-13,23-31H,1-2,14-22H2,3-11H3. The van der Waals surface area contributed by atoms with Crippen molar-refractivity contribution >= 4 is 11.9 Å². The molecule has 0 aliphatic heterocycles. The van der Waals surface area contributed by atoms with Gasteiger partial charge in [0.25, 0.3) is 0 Å². The second kappa shape index (κ2) is 26.2. The summed E-state index contributed by atoms with van der Waals surface area (Å²) in [6.45, 7) is 27.2. The Morgan fingerprint density at radius 1 is 0.400 bits per heavy atom. The van der Waals surface area contributed by atoms with E-state index in [-0.39, 0.29) is 68.1 Å². The Labute approximate surface area is 270 Å². The minimum atomic E-state index is -0.471. The largest absolute Gasteiger partial charge is 0.460 e. The second-order valence-corrected chi connectivity index (χ2v) is 11.4. The Morgan fingerprint density at radius 2 is 0.622 bits per heavy atom. The van der Waals surface area contributed by atoms with E-state index >= 15 is 0 Å². The molecule has 9 atom stereocenters. The summed E-state index contributed by atoms with van der Waals surface area (Å²) in [5, 5.41) is 0. The molecule has 0 amide bonds. The Morgan fingerprint density at radius 3 is 0.867 bits per heavy atom. The van der Waals surface area contributed by atoms with Gasteiger partial charge in [0.2, 0.25) is 0 Å². The van der Waals surface area contributed by atoms with Crippen molar-refractivity contribution in [2.24, 2.45) is 0 Å². The molecular weight excluding hydrogens is 588 g/mol. The van der Waals surface area contributed by atoms with Gasteiger partial charge in [-0.3, -0.25) is 0 Å². The molecule has 264 valence electrons. The molecule has 12 nitrogen and oxygen atoms in total. The van der Waals surface area contributed by atoms with E-state index in [1.165, 1.54) is 0 Å². The Kier molecular flexibility index (Phi) is 25.1. The summed E-state index contributed by atoms with van der Waals surface area (Å²) >= 11 is 0. The molecule has 9 unspecified atom stereocenters. The van der Waals surface area contributed by atoms with Crippen LogP contribution in [0.5, 0.6) is 0 Å². The monoisotopic (exact) mass is 648 g/mol. The van der Waals surface area contributed by atoms with Crippen LogP contribution < -0.4 is 0 Å². The Bertz CT molecular complexity index is 794. The lowest BCUT2D eigenvalue weighted by atomic mass is 10.3. The van der Waals surface area contributed by atoms with Gasteiger partial charge in [-0.2, -0.15) is 0 Å². The molecule has 0 spiro atoms. The first-order valence-corrected chi connectivity index (χ1v) is 15.8. The Balaban J connectivity index is 3.94. The van der Waals surface area contributed by atoms with Crippen LogP contribution in [-0.2, 0) is 57.0 Å². The molecular formula is C33H60O12. The highest BCUT2D eigenvalue weighted by atomic mass is 16.6. The number of hydrogen-bond acceptors (Lipinski definition) is 12. The average Bonchev–Trinajstić information content (AvgIpc) is 3.02. The van der Waals surface area contributed by atoms with Gasteiger partial charge in [-0.1, -0.05) is 13.2 Å². The van der Waals surface area contributed by atoms with Crippen LogP contribution in [0.1, 0.15) is 62.3 Å². The first kappa shape index (κ1) is 43.1. The van der Waals surface area contributed by atoms with Gasteiger partial charge in [0.15, 0.2) is 0 Å². The van der Waals surface area contributed by atoms with Crippen molar-refractivity contribution in [1.82, 2.24) is 0 Å². The number of hydrogen-bond donors (Lipinski definition) is 0. The molecule has 0 fully saturated rings. The van der Waals surface area contributed by atoms with Crippen LogP contribution >= 0.6 is 0 Å². The summed E-state index contributed by atoms with van der Waals surface area (Å²) < 4.78 is 56.4. The lowest BCUT2D eigenvalue weighted by Crippen LogP contribution is -2.30. The number of carbonyl (C=O) groups is 2. The Hall–Kier alpha value is -1.90.